The van der Waals surface area contributed by atoms with E-state index in [1.54, 1.807) is 0 Å². The maximum absolute atomic E-state index is 6.46. The minimum absolute atomic E-state index is 0.126. The van der Waals surface area contributed by atoms with E-state index in [2.05, 4.69) is 6.92 Å². The number of nitrogens with two attached hydrogens (primary N) is 1. The van der Waals surface area contributed by atoms with Gasteiger partial charge in [-0.2, -0.15) is 11.8 Å². The number of thiazole rings is 1. The molecule has 1 aromatic heterocycles. The third-order valence-corrected chi connectivity index (χ3v) is 6.09. The zero-order chi connectivity index (χ0) is 10.5. The molecule has 15 heavy (non-hydrogen) atoms. The highest BCUT2D eigenvalue weighted by Crippen LogP contribution is 2.42. The molecule has 82 valence electrons. The van der Waals surface area contributed by atoms with E-state index in [-0.39, 0.29) is 5.54 Å². The maximum atomic E-state index is 6.46. The van der Waals surface area contributed by atoms with Gasteiger partial charge in [0.15, 0.2) is 0 Å². The lowest BCUT2D eigenvalue weighted by Gasteiger charge is -2.19. The predicted octanol–water partition coefficient (Wildman–Crippen LogP) is 2.31. The summed E-state index contributed by atoms with van der Waals surface area (Å²) in [5.41, 5.74) is 7.67. The summed E-state index contributed by atoms with van der Waals surface area (Å²) in [5.74, 6) is 1.04. The molecule has 0 spiro atoms. The van der Waals surface area contributed by atoms with Crippen LogP contribution in [0.5, 0.6) is 0 Å². The standard InChI is InChI=1S/C11H16N2S2/c1-7-5-11(12,6-14-7)10-13-8-3-2-4-9(8)15-10/h7H,2-6,12H2,1H3. The van der Waals surface area contributed by atoms with Crippen LogP contribution in [0.15, 0.2) is 0 Å². The Morgan fingerprint density at radius 1 is 1.47 bits per heavy atom. The van der Waals surface area contributed by atoms with Crippen molar-refractivity contribution in [3.8, 4) is 0 Å². The van der Waals surface area contributed by atoms with Gasteiger partial charge in [-0.3, -0.25) is 0 Å². The molecule has 2 unspecified atom stereocenters. The predicted molar refractivity (Wildman–Crippen MR) is 66.5 cm³/mol. The van der Waals surface area contributed by atoms with Gasteiger partial charge in [0, 0.05) is 15.9 Å². The normalized spacial score (nSPS) is 34.7. The first-order valence-electron chi connectivity index (χ1n) is 5.57. The molecule has 1 aliphatic heterocycles. The first-order chi connectivity index (χ1) is 7.17. The number of aryl methyl sites for hydroxylation is 2. The van der Waals surface area contributed by atoms with Crippen LogP contribution in [0.3, 0.4) is 0 Å². The van der Waals surface area contributed by atoms with E-state index in [1.165, 1.54) is 34.8 Å². The third kappa shape index (κ3) is 1.63. The first-order valence-corrected chi connectivity index (χ1v) is 7.43. The van der Waals surface area contributed by atoms with Crippen LogP contribution in [0.25, 0.3) is 0 Å². The Balaban J connectivity index is 1.92. The summed E-state index contributed by atoms with van der Waals surface area (Å²) in [6.07, 6.45) is 4.78. The van der Waals surface area contributed by atoms with Crippen molar-refractivity contribution in [2.24, 2.45) is 5.73 Å². The van der Waals surface area contributed by atoms with Gasteiger partial charge in [0.25, 0.3) is 0 Å². The Labute approximate surface area is 98.7 Å². The summed E-state index contributed by atoms with van der Waals surface area (Å²) in [7, 11) is 0. The zero-order valence-corrected chi connectivity index (χ0v) is 10.6. The monoisotopic (exact) mass is 240 g/mol. The number of rotatable bonds is 1. The largest absolute Gasteiger partial charge is 0.319 e. The fourth-order valence-electron chi connectivity index (χ4n) is 2.47. The van der Waals surface area contributed by atoms with Gasteiger partial charge in [0.1, 0.15) is 5.01 Å². The quantitative estimate of drug-likeness (QED) is 0.818. The van der Waals surface area contributed by atoms with Crippen LogP contribution < -0.4 is 5.73 Å². The van der Waals surface area contributed by atoms with Crippen molar-refractivity contribution < 1.29 is 0 Å². The van der Waals surface area contributed by atoms with Crippen molar-refractivity contribution in [1.29, 1.82) is 0 Å². The molecule has 3 rings (SSSR count). The van der Waals surface area contributed by atoms with Crippen LogP contribution in [0, 0.1) is 0 Å². The van der Waals surface area contributed by atoms with Gasteiger partial charge in [-0.15, -0.1) is 11.3 Å². The molecule has 2 aliphatic rings. The number of hydrogen-bond donors (Lipinski definition) is 1. The SMILES string of the molecule is CC1CC(N)(c2nc3c(s2)CCC3)CS1. The van der Waals surface area contributed by atoms with E-state index in [4.69, 9.17) is 10.7 Å². The van der Waals surface area contributed by atoms with Crippen LogP contribution in [0.4, 0.5) is 0 Å². The molecule has 0 aromatic carbocycles. The second-order valence-corrected chi connectivity index (χ2v) is 7.23. The van der Waals surface area contributed by atoms with Gasteiger partial charge in [0.2, 0.25) is 0 Å². The highest BCUT2D eigenvalue weighted by Gasteiger charge is 2.39. The fraction of sp³-hybridized carbons (Fsp3) is 0.727. The lowest BCUT2D eigenvalue weighted by molar-refractivity contribution is 0.481. The summed E-state index contributed by atoms with van der Waals surface area (Å²) in [5, 5.41) is 1.89. The molecule has 0 radical (unpaired) electrons. The summed E-state index contributed by atoms with van der Waals surface area (Å²) < 4.78 is 0. The average Bonchev–Trinajstić information content (AvgIpc) is 2.78. The molecule has 4 heteroatoms. The topological polar surface area (TPSA) is 38.9 Å². The second-order valence-electron chi connectivity index (χ2n) is 4.72. The molecule has 1 aliphatic carbocycles. The van der Waals surface area contributed by atoms with Gasteiger partial charge < -0.3 is 5.73 Å². The minimum Gasteiger partial charge on any atom is -0.319 e. The van der Waals surface area contributed by atoms with E-state index in [0.29, 0.717) is 5.25 Å². The molecular weight excluding hydrogens is 224 g/mol. The van der Waals surface area contributed by atoms with E-state index in [9.17, 15) is 0 Å². The molecule has 2 N–H and O–H groups in total. The maximum Gasteiger partial charge on any atom is 0.114 e. The van der Waals surface area contributed by atoms with Gasteiger partial charge in [-0.05, 0) is 25.7 Å². The summed E-state index contributed by atoms with van der Waals surface area (Å²) in [4.78, 5) is 6.26. The molecule has 0 bridgehead atoms. The van der Waals surface area contributed by atoms with Crippen molar-refractivity contribution in [3.05, 3.63) is 15.6 Å². The van der Waals surface area contributed by atoms with Crippen LogP contribution in [-0.2, 0) is 18.4 Å². The van der Waals surface area contributed by atoms with Gasteiger partial charge in [-0.1, -0.05) is 6.92 Å². The highest BCUT2D eigenvalue weighted by atomic mass is 32.2. The summed E-state index contributed by atoms with van der Waals surface area (Å²) >= 11 is 3.85. The molecule has 1 fully saturated rings. The van der Waals surface area contributed by atoms with E-state index >= 15 is 0 Å². The Morgan fingerprint density at radius 3 is 3.00 bits per heavy atom. The molecule has 1 aromatic rings. The van der Waals surface area contributed by atoms with Crippen molar-refractivity contribution in [1.82, 2.24) is 4.98 Å². The summed E-state index contributed by atoms with van der Waals surface area (Å²) in [6, 6.07) is 0. The number of thioether (sulfide) groups is 1. The molecule has 2 heterocycles. The van der Waals surface area contributed by atoms with Crippen LogP contribution in [-0.4, -0.2) is 16.0 Å². The average molecular weight is 240 g/mol. The smallest absolute Gasteiger partial charge is 0.114 e. The van der Waals surface area contributed by atoms with E-state index in [1.807, 2.05) is 23.1 Å². The Morgan fingerprint density at radius 2 is 2.33 bits per heavy atom. The van der Waals surface area contributed by atoms with E-state index < -0.39 is 0 Å². The molecule has 2 nitrogen and oxygen atoms in total. The summed E-state index contributed by atoms with van der Waals surface area (Å²) in [6.45, 7) is 2.26. The first kappa shape index (κ1) is 10.1. The molecule has 1 saturated heterocycles. The third-order valence-electron chi connectivity index (χ3n) is 3.30. The number of fused-ring (bicyclic) bond motifs is 1. The van der Waals surface area contributed by atoms with Crippen LogP contribution >= 0.6 is 23.1 Å². The zero-order valence-electron chi connectivity index (χ0n) is 8.95. The number of nitrogens with zero attached hydrogens (tertiary/aromatic N) is 1. The van der Waals surface area contributed by atoms with Crippen molar-refractivity contribution >= 4 is 23.1 Å². The van der Waals surface area contributed by atoms with E-state index in [0.717, 1.165) is 12.2 Å². The molecule has 2 atom stereocenters. The molecular formula is C11H16N2S2. The second kappa shape index (κ2) is 3.47. The Hall–Kier alpha value is -0.0600. The molecule has 0 amide bonds. The lowest BCUT2D eigenvalue weighted by Crippen LogP contribution is -2.36. The fourth-order valence-corrected chi connectivity index (χ4v) is 5.08. The van der Waals surface area contributed by atoms with Gasteiger partial charge >= 0.3 is 0 Å². The van der Waals surface area contributed by atoms with Gasteiger partial charge in [0.05, 0.1) is 11.2 Å². The number of aromatic nitrogens is 1. The van der Waals surface area contributed by atoms with Crippen LogP contribution in [0.1, 0.15) is 35.3 Å². The number of hydrogen-bond acceptors (Lipinski definition) is 4. The Bertz CT molecular complexity index is 366. The van der Waals surface area contributed by atoms with Crippen molar-refractivity contribution in [2.75, 3.05) is 5.75 Å². The Kier molecular flexibility index (Phi) is 2.34. The van der Waals surface area contributed by atoms with Gasteiger partial charge in [-0.25, -0.2) is 4.98 Å². The highest BCUT2D eigenvalue weighted by molar-refractivity contribution is 8.00. The minimum atomic E-state index is -0.126. The lowest BCUT2D eigenvalue weighted by atomic mass is 9.99. The van der Waals surface area contributed by atoms with Crippen LogP contribution in [0.2, 0.25) is 0 Å². The van der Waals surface area contributed by atoms with Crippen molar-refractivity contribution in [2.45, 2.75) is 43.4 Å². The van der Waals surface area contributed by atoms with Crippen molar-refractivity contribution in [3.63, 3.8) is 0 Å². The molecule has 0 saturated carbocycles.